The molecule has 5 nitrogen and oxygen atoms in total. The van der Waals surface area contributed by atoms with Gasteiger partial charge in [-0.3, -0.25) is 0 Å². The smallest absolute Gasteiger partial charge is 0.335 e. The largest absolute Gasteiger partial charge is 0.478 e. The average molecular weight is 284 g/mol. The standard InChI is InChI=1S/C11H10ClN3O2S/c1-15-6-13-14-11(15)18-5-8-3-2-7(10(16)17)4-9(8)12/h2-4,6H,5H2,1H3,(H,16,17). The van der Waals surface area contributed by atoms with E-state index in [2.05, 4.69) is 10.2 Å². The maximum absolute atomic E-state index is 10.8. The third-order valence-electron chi connectivity index (χ3n) is 2.33. The van der Waals surface area contributed by atoms with E-state index in [1.54, 1.807) is 18.5 Å². The van der Waals surface area contributed by atoms with Crippen LogP contribution in [0, 0.1) is 0 Å². The molecule has 1 N–H and O–H groups in total. The van der Waals surface area contributed by atoms with Crippen LogP contribution >= 0.6 is 23.4 Å². The topological polar surface area (TPSA) is 68.0 Å². The fraction of sp³-hybridized carbons (Fsp3) is 0.182. The number of carboxylic acid groups (broad SMARTS) is 1. The molecule has 0 fully saturated rings. The quantitative estimate of drug-likeness (QED) is 0.873. The summed E-state index contributed by atoms with van der Waals surface area (Å²) in [7, 11) is 1.86. The number of aromatic carboxylic acids is 1. The number of carbonyl (C=O) groups is 1. The lowest BCUT2D eigenvalue weighted by Gasteiger charge is -2.04. The first-order valence-corrected chi connectivity index (χ1v) is 6.43. The van der Waals surface area contributed by atoms with Gasteiger partial charge in [0.25, 0.3) is 0 Å². The van der Waals surface area contributed by atoms with Crippen LogP contribution in [0.3, 0.4) is 0 Å². The van der Waals surface area contributed by atoms with E-state index in [1.165, 1.54) is 17.8 Å². The zero-order chi connectivity index (χ0) is 13.1. The monoisotopic (exact) mass is 283 g/mol. The molecule has 0 atom stereocenters. The average Bonchev–Trinajstić information content (AvgIpc) is 2.73. The Kier molecular flexibility index (Phi) is 3.88. The fourth-order valence-corrected chi connectivity index (χ4v) is 2.56. The van der Waals surface area contributed by atoms with E-state index in [-0.39, 0.29) is 5.56 Å². The second-order valence-electron chi connectivity index (χ2n) is 3.62. The summed E-state index contributed by atoms with van der Waals surface area (Å²) in [6.45, 7) is 0. The number of benzene rings is 1. The molecule has 1 aromatic heterocycles. The molecule has 7 heteroatoms. The van der Waals surface area contributed by atoms with Crippen molar-refractivity contribution in [3.63, 3.8) is 0 Å². The van der Waals surface area contributed by atoms with Crippen molar-refractivity contribution in [2.45, 2.75) is 10.9 Å². The molecule has 0 saturated carbocycles. The van der Waals surface area contributed by atoms with Gasteiger partial charge in [0.15, 0.2) is 5.16 Å². The predicted octanol–water partition coefficient (Wildman–Crippen LogP) is 2.46. The number of aromatic nitrogens is 3. The molecule has 2 rings (SSSR count). The number of carboxylic acids is 1. The van der Waals surface area contributed by atoms with Crippen molar-refractivity contribution in [3.8, 4) is 0 Å². The summed E-state index contributed by atoms with van der Waals surface area (Å²) in [6.07, 6.45) is 1.62. The van der Waals surface area contributed by atoms with Gasteiger partial charge in [-0.2, -0.15) is 0 Å². The third kappa shape index (κ3) is 2.83. The Balaban J connectivity index is 2.11. The first kappa shape index (κ1) is 12.9. The second kappa shape index (κ2) is 5.41. The van der Waals surface area contributed by atoms with Gasteiger partial charge in [0.1, 0.15) is 6.33 Å². The van der Waals surface area contributed by atoms with Crippen LogP contribution in [0.2, 0.25) is 5.02 Å². The second-order valence-corrected chi connectivity index (χ2v) is 4.97. The molecule has 0 bridgehead atoms. The highest BCUT2D eigenvalue weighted by molar-refractivity contribution is 7.98. The Morgan fingerprint density at radius 1 is 1.56 bits per heavy atom. The third-order valence-corrected chi connectivity index (χ3v) is 3.76. The van der Waals surface area contributed by atoms with Crippen LogP contribution in [0.4, 0.5) is 0 Å². The van der Waals surface area contributed by atoms with Crippen molar-refractivity contribution in [1.82, 2.24) is 14.8 Å². The van der Waals surface area contributed by atoms with Crippen LogP contribution < -0.4 is 0 Å². The maximum Gasteiger partial charge on any atom is 0.335 e. The molecule has 0 saturated heterocycles. The van der Waals surface area contributed by atoms with Crippen molar-refractivity contribution in [3.05, 3.63) is 40.7 Å². The van der Waals surface area contributed by atoms with E-state index in [0.29, 0.717) is 10.8 Å². The highest BCUT2D eigenvalue weighted by Crippen LogP contribution is 2.25. The van der Waals surface area contributed by atoms with Gasteiger partial charge in [-0.25, -0.2) is 4.79 Å². The molecule has 0 unspecified atom stereocenters. The first-order chi connectivity index (χ1) is 8.58. The van der Waals surface area contributed by atoms with Gasteiger partial charge in [-0.05, 0) is 17.7 Å². The highest BCUT2D eigenvalue weighted by atomic mass is 35.5. The van der Waals surface area contributed by atoms with E-state index < -0.39 is 5.97 Å². The van der Waals surface area contributed by atoms with Crippen molar-refractivity contribution >= 4 is 29.3 Å². The number of halogens is 1. The lowest BCUT2D eigenvalue weighted by molar-refractivity contribution is 0.0697. The minimum Gasteiger partial charge on any atom is -0.478 e. The molecule has 1 heterocycles. The summed E-state index contributed by atoms with van der Waals surface area (Å²) in [6, 6.07) is 4.71. The number of rotatable bonds is 4. The number of nitrogens with zero attached hydrogens (tertiary/aromatic N) is 3. The molecule has 0 amide bonds. The zero-order valence-electron chi connectivity index (χ0n) is 9.50. The molecule has 0 aliphatic rings. The Hall–Kier alpha value is -1.53. The highest BCUT2D eigenvalue weighted by Gasteiger charge is 2.08. The summed E-state index contributed by atoms with van der Waals surface area (Å²) in [5, 5.41) is 17.8. The number of hydrogen-bond acceptors (Lipinski definition) is 4. The SMILES string of the molecule is Cn1cnnc1SCc1ccc(C(=O)O)cc1Cl. The van der Waals surface area contributed by atoms with Crippen molar-refractivity contribution in [1.29, 1.82) is 0 Å². The lowest BCUT2D eigenvalue weighted by Crippen LogP contribution is -1.97. The van der Waals surface area contributed by atoms with Gasteiger partial charge in [0.05, 0.1) is 5.56 Å². The maximum atomic E-state index is 10.8. The van der Waals surface area contributed by atoms with E-state index in [1.807, 2.05) is 11.6 Å². The summed E-state index contributed by atoms with van der Waals surface area (Å²) in [4.78, 5) is 10.8. The first-order valence-electron chi connectivity index (χ1n) is 5.06. The predicted molar refractivity (Wildman–Crippen MR) is 69.0 cm³/mol. The lowest BCUT2D eigenvalue weighted by atomic mass is 10.1. The molecule has 0 radical (unpaired) electrons. The minimum absolute atomic E-state index is 0.187. The molecule has 94 valence electrons. The van der Waals surface area contributed by atoms with E-state index >= 15 is 0 Å². The van der Waals surface area contributed by atoms with E-state index in [9.17, 15) is 4.79 Å². The van der Waals surface area contributed by atoms with Crippen LogP contribution in [-0.4, -0.2) is 25.8 Å². The van der Waals surface area contributed by atoms with Crippen LogP contribution in [0.15, 0.2) is 29.7 Å². The Morgan fingerprint density at radius 2 is 2.33 bits per heavy atom. The summed E-state index contributed by atoms with van der Waals surface area (Å²) in [5.41, 5.74) is 1.06. The molecular weight excluding hydrogens is 274 g/mol. The molecule has 1 aromatic carbocycles. The van der Waals surface area contributed by atoms with E-state index in [4.69, 9.17) is 16.7 Å². The van der Waals surface area contributed by atoms with Gasteiger partial charge in [-0.15, -0.1) is 10.2 Å². The van der Waals surface area contributed by atoms with Crippen LogP contribution in [0.1, 0.15) is 15.9 Å². The fourth-order valence-electron chi connectivity index (χ4n) is 1.34. The molecule has 18 heavy (non-hydrogen) atoms. The zero-order valence-corrected chi connectivity index (χ0v) is 11.1. The van der Waals surface area contributed by atoms with Crippen LogP contribution in [-0.2, 0) is 12.8 Å². The molecular formula is C11H10ClN3O2S. The number of thioether (sulfide) groups is 1. The van der Waals surface area contributed by atoms with Gasteiger partial charge in [-0.1, -0.05) is 29.4 Å². The summed E-state index contributed by atoms with van der Waals surface area (Å²) >= 11 is 7.53. The Morgan fingerprint density at radius 3 is 2.89 bits per heavy atom. The van der Waals surface area contributed by atoms with Crippen LogP contribution in [0.25, 0.3) is 0 Å². The number of hydrogen-bond donors (Lipinski definition) is 1. The molecule has 2 aromatic rings. The molecule has 0 spiro atoms. The number of aryl methyl sites for hydroxylation is 1. The van der Waals surface area contributed by atoms with Gasteiger partial charge >= 0.3 is 5.97 Å². The molecule has 0 aliphatic carbocycles. The summed E-state index contributed by atoms with van der Waals surface area (Å²) in [5.74, 6) is -0.366. The van der Waals surface area contributed by atoms with Crippen molar-refractivity contribution in [2.24, 2.45) is 7.05 Å². The van der Waals surface area contributed by atoms with Crippen LogP contribution in [0.5, 0.6) is 0 Å². The summed E-state index contributed by atoms with van der Waals surface area (Å²) < 4.78 is 1.81. The Labute approximate surface area is 113 Å². The minimum atomic E-state index is -0.982. The Bertz CT molecular complexity index is 585. The van der Waals surface area contributed by atoms with Crippen molar-refractivity contribution in [2.75, 3.05) is 0 Å². The molecule has 0 aliphatic heterocycles. The normalized spacial score (nSPS) is 10.6. The van der Waals surface area contributed by atoms with Crippen molar-refractivity contribution < 1.29 is 9.90 Å². The van der Waals surface area contributed by atoms with Gasteiger partial charge in [0, 0.05) is 17.8 Å². The van der Waals surface area contributed by atoms with Gasteiger partial charge < -0.3 is 9.67 Å². The van der Waals surface area contributed by atoms with Gasteiger partial charge in [0.2, 0.25) is 0 Å². The van der Waals surface area contributed by atoms with E-state index in [0.717, 1.165) is 10.7 Å².